The number of benzene rings is 1. The van der Waals surface area contributed by atoms with E-state index in [4.69, 9.17) is 4.42 Å². The lowest BCUT2D eigenvalue weighted by atomic mass is 9.84. The third-order valence-corrected chi connectivity index (χ3v) is 5.34. The van der Waals surface area contributed by atoms with Gasteiger partial charge >= 0.3 is 0 Å². The number of rotatable bonds is 2. The van der Waals surface area contributed by atoms with Gasteiger partial charge in [-0.25, -0.2) is 4.98 Å². The van der Waals surface area contributed by atoms with E-state index in [-0.39, 0.29) is 16.9 Å². The Balaban J connectivity index is 1.92. The van der Waals surface area contributed by atoms with Crippen LogP contribution in [0.2, 0.25) is 0 Å². The van der Waals surface area contributed by atoms with Crippen molar-refractivity contribution in [3.8, 4) is 11.3 Å². The van der Waals surface area contributed by atoms with Crippen LogP contribution in [0.1, 0.15) is 56.0 Å². The van der Waals surface area contributed by atoms with Gasteiger partial charge in [0.2, 0.25) is 0 Å². The maximum Gasteiger partial charge on any atom is 0.274 e. The summed E-state index contributed by atoms with van der Waals surface area (Å²) in [6.07, 6.45) is 7.86. The standard InChI is InChI=1S/C22H25N3O3/c1-22(2,3)17-12-14(18-20(26)24-8-7-23-18)11-15-16(13-28-19(15)17)21(27)25-9-5-4-6-10-25/h7-8,11-13H,4-6,9-10H2,1-3H3,(H,24,26). The Morgan fingerprint density at radius 2 is 1.93 bits per heavy atom. The SMILES string of the molecule is CC(C)(C)c1cc(-c2ncc[nH]c2=O)cc2c(C(=O)N3CCCCC3)coc12. The van der Waals surface area contributed by atoms with Crippen LogP contribution < -0.4 is 5.56 Å². The molecule has 0 radical (unpaired) electrons. The number of nitrogens with zero attached hydrogens (tertiary/aromatic N) is 2. The van der Waals surface area contributed by atoms with Gasteiger partial charge in [0.25, 0.3) is 11.5 Å². The van der Waals surface area contributed by atoms with Crippen molar-refractivity contribution < 1.29 is 9.21 Å². The first kappa shape index (κ1) is 18.5. The number of hydrogen-bond acceptors (Lipinski definition) is 4. The van der Waals surface area contributed by atoms with Crippen molar-refractivity contribution in [1.29, 1.82) is 0 Å². The molecule has 0 bridgehead atoms. The Labute approximate surface area is 163 Å². The van der Waals surface area contributed by atoms with Gasteiger partial charge in [-0.2, -0.15) is 0 Å². The van der Waals surface area contributed by atoms with E-state index in [1.807, 2.05) is 17.0 Å². The van der Waals surface area contributed by atoms with E-state index in [1.165, 1.54) is 6.20 Å². The molecule has 4 rings (SSSR count). The molecule has 1 fully saturated rings. The van der Waals surface area contributed by atoms with Crippen molar-refractivity contribution in [3.63, 3.8) is 0 Å². The van der Waals surface area contributed by atoms with E-state index in [0.717, 1.165) is 43.3 Å². The zero-order chi connectivity index (χ0) is 19.9. The first-order chi connectivity index (χ1) is 13.4. The highest BCUT2D eigenvalue weighted by molar-refractivity contribution is 6.07. The molecule has 146 valence electrons. The molecule has 0 atom stereocenters. The third-order valence-electron chi connectivity index (χ3n) is 5.34. The Morgan fingerprint density at radius 1 is 1.18 bits per heavy atom. The maximum atomic E-state index is 13.1. The van der Waals surface area contributed by atoms with Crippen LogP contribution in [0.25, 0.3) is 22.2 Å². The van der Waals surface area contributed by atoms with E-state index < -0.39 is 0 Å². The summed E-state index contributed by atoms with van der Waals surface area (Å²) in [5, 5.41) is 0.739. The maximum absolute atomic E-state index is 13.1. The largest absolute Gasteiger partial charge is 0.463 e. The number of aromatic amines is 1. The van der Waals surface area contributed by atoms with Crippen LogP contribution >= 0.6 is 0 Å². The Bertz CT molecular complexity index is 1080. The van der Waals surface area contributed by atoms with Gasteiger partial charge in [0.1, 0.15) is 17.5 Å². The summed E-state index contributed by atoms with van der Waals surface area (Å²) < 4.78 is 5.89. The van der Waals surface area contributed by atoms with Crippen molar-refractivity contribution in [2.24, 2.45) is 0 Å². The molecule has 1 saturated heterocycles. The molecular formula is C22H25N3O3. The molecular weight excluding hydrogens is 354 g/mol. The number of carbonyl (C=O) groups excluding carboxylic acids is 1. The summed E-state index contributed by atoms with van der Waals surface area (Å²) in [5.41, 5.74) is 2.75. The van der Waals surface area contributed by atoms with Gasteiger partial charge in [-0.1, -0.05) is 20.8 Å². The number of hydrogen-bond donors (Lipinski definition) is 1. The summed E-state index contributed by atoms with van der Waals surface area (Å²) in [7, 11) is 0. The molecule has 0 unspecified atom stereocenters. The van der Waals surface area contributed by atoms with Crippen molar-refractivity contribution in [3.05, 3.63) is 52.3 Å². The average Bonchev–Trinajstić information content (AvgIpc) is 3.10. The number of nitrogens with one attached hydrogen (secondary N) is 1. The number of carbonyl (C=O) groups is 1. The third kappa shape index (κ3) is 3.23. The molecule has 1 amide bonds. The van der Waals surface area contributed by atoms with E-state index in [0.29, 0.717) is 22.4 Å². The monoisotopic (exact) mass is 379 g/mol. The average molecular weight is 379 g/mol. The van der Waals surface area contributed by atoms with Gasteiger partial charge in [-0.05, 0) is 36.8 Å². The van der Waals surface area contributed by atoms with Crippen LogP contribution in [0, 0.1) is 0 Å². The van der Waals surface area contributed by atoms with Gasteiger partial charge < -0.3 is 14.3 Å². The first-order valence-corrected chi connectivity index (χ1v) is 9.75. The fourth-order valence-electron chi connectivity index (χ4n) is 3.82. The van der Waals surface area contributed by atoms with Crippen LogP contribution in [0.4, 0.5) is 0 Å². The van der Waals surface area contributed by atoms with E-state index in [1.54, 1.807) is 12.5 Å². The Morgan fingerprint density at radius 3 is 2.61 bits per heavy atom. The number of piperidine rings is 1. The molecule has 0 aliphatic carbocycles. The van der Waals surface area contributed by atoms with E-state index in [2.05, 4.69) is 30.7 Å². The van der Waals surface area contributed by atoms with E-state index in [9.17, 15) is 9.59 Å². The van der Waals surface area contributed by atoms with E-state index >= 15 is 0 Å². The van der Waals surface area contributed by atoms with Crippen LogP contribution in [-0.4, -0.2) is 33.9 Å². The fourth-order valence-corrected chi connectivity index (χ4v) is 3.82. The molecule has 6 heteroatoms. The van der Waals surface area contributed by atoms with Crippen LogP contribution in [0.15, 0.2) is 40.0 Å². The zero-order valence-corrected chi connectivity index (χ0v) is 16.5. The number of aromatic nitrogens is 2. The summed E-state index contributed by atoms with van der Waals surface area (Å²) >= 11 is 0. The minimum Gasteiger partial charge on any atom is -0.463 e. The number of likely N-dealkylation sites (tertiary alicyclic amines) is 1. The van der Waals surface area contributed by atoms with Crippen LogP contribution in [-0.2, 0) is 5.41 Å². The summed E-state index contributed by atoms with van der Waals surface area (Å²) in [6.45, 7) is 7.81. The zero-order valence-electron chi connectivity index (χ0n) is 16.5. The van der Waals surface area contributed by atoms with Gasteiger partial charge in [0, 0.05) is 42.0 Å². The molecule has 1 aliphatic heterocycles. The molecule has 2 aromatic heterocycles. The second-order valence-electron chi connectivity index (χ2n) is 8.42. The number of amides is 1. The molecule has 28 heavy (non-hydrogen) atoms. The van der Waals surface area contributed by atoms with Crippen molar-refractivity contribution in [1.82, 2.24) is 14.9 Å². The van der Waals surface area contributed by atoms with Crippen LogP contribution in [0.5, 0.6) is 0 Å². The normalized spacial score (nSPS) is 15.2. The van der Waals surface area contributed by atoms with Crippen LogP contribution in [0.3, 0.4) is 0 Å². The lowest BCUT2D eigenvalue weighted by Crippen LogP contribution is -2.35. The lowest BCUT2D eigenvalue weighted by Gasteiger charge is -2.26. The number of furan rings is 1. The Kier molecular flexibility index (Phi) is 4.57. The first-order valence-electron chi connectivity index (χ1n) is 9.75. The summed E-state index contributed by atoms with van der Waals surface area (Å²) in [6, 6.07) is 3.79. The topological polar surface area (TPSA) is 79.2 Å². The second-order valence-corrected chi connectivity index (χ2v) is 8.42. The minimum atomic E-state index is -0.255. The van der Waals surface area contributed by atoms with Crippen molar-refractivity contribution in [2.45, 2.75) is 45.4 Å². The highest BCUT2D eigenvalue weighted by atomic mass is 16.3. The predicted octanol–water partition coefficient (Wildman–Crippen LogP) is 4.11. The van der Waals surface area contributed by atoms with Crippen molar-refractivity contribution in [2.75, 3.05) is 13.1 Å². The molecule has 1 N–H and O–H groups in total. The number of fused-ring (bicyclic) bond motifs is 1. The summed E-state index contributed by atoms with van der Waals surface area (Å²) in [5.74, 6) is -0.00890. The molecule has 0 spiro atoms. The number of H-pyrrole nitrogens is 1. The molecule has 6 nitrogen and oxygen atoms in total. The van der Waals surface area contributed by atoms with Gasteiger partial charge in [0.05, 0.1) is 5.56 Å². The molecule has 1 aromatic carbocycles. The molecule has 0 saturated carbocycles. The summed E-state index contributed by atoms with van der Waals surface area (Å²) in [4.78, 5) is 34.3. The van der Waals surface area contributed by atoms with Gasteiger partial charge in [-0.3, -0.25) is 9.59 Å². The fraction of sp³-hybridized carbons (Fsp3) is 0.409. The molecule has 1 aliphatic rings. The predicted molar refractivity (Wildman–Crippen MR) is 109 cm³/mol. The highest BCUT2D eigenvalue weighted by Crippen LogP contribution is 2.36. The lowest BCUT2D eigenvalue weighted by molar-refractivity contribution is 0.0725. The minimum absolute atomic E-state index is 0.00890. The molecule has 3 heterocycles. The highest BCUT2D eigenvalue weighted by Gasteiger charge is 2.27. The van der Waals surface area contributed by atoms with Crippen molar-refractivity contribution >= 4 is 16.9 Å². The second kappa shape index (κ2) is 6.93. The van der Waals surface area contributed by atoms with Gasteiger partial charge in [-0.15, -0.1) is 0 Å². The quantitative estimate of drug-likeness (QED) is 0.727. The van der Waals surface area contributed by atoms with Gasteiger partial charge in [0.15, 0.2) is 0 Å². The Hall–Kier alpha value is -2.89. The smallest absolute Gasteiger partial charge is 0.274 e. The molecule has 3 aromatic rings.